The molecule has 0 saturated carbocycles. The summed E-state index contributed by atoms with van der Waals surface area (Å²) in [6.07, 6.45) is 0. The van der Waals surface area contributed by atoms with Crippen molar-refractivity contribution in [1.82, 2.24) is 15.0 Å². The van der Waals surface area contributed by atoms with Gasteiger partial charge in [0.15, 0.2) is 11.6 Å². The van der Waals surface area contributed by atoms with Gasteiger partial charge in [-0.05, 0) is 25.4 Å². The summed E-state index contributed by atoms with van der Waals surface area (Å²) >= 11 is 5.64. The third-order valence-electron chi connectivity index (χ3n) is 1.29. The highest BCUT2D eigenvalue weighted by atomic mass is 35.5. The average molecular weight is 200 g/mol. The van der Waals surface area contributed by atoms with E-state index < -0.39 is 0 Å². The second-order valence-electron chi connectivity index (χ2n) is 2.33. The summed E-state index contributed by atoms with van der Waals surface area (Å²) in [5.41, 5.74) is 0. The lowest BCUT2D eigenvalue weighted by atomic mass is 10.5. The fourth-order valence-electron chi connectivity index (χ4n) is 0.813. The van der Waals surface area contributed by atoms with Crippen LogP contribution in [0, 0.1) is 6.92 Å². The first-order valence-electron chi connectivity index (χ1n) is 3.83. The van der Waals surface area contributed by atoms with E-state index in [9.17, 15) is 0 Å². The van der Waals surface area contributed by atoms with Gasteiger partial charge in [-0.2, -0.15) is 4.98 Å². The van der Waals surface area contributed by atoms with Crippen LogP contribution in [0.25, 0.3) is 5.76 Å². The Morgan fingerprint density at radius 3 is 2.69 bits per heavy atom. The number of aromatic nitrogens is 3. The van der Waals surface area contributed by atoms with E-state index in [-0.39, 0.29) is 5.28 Å². The Bertz CT molecular complexity index is 307. The second kappa shape index (κ2) is 4.18. The molecule has 0 spiro atoms. The van der Waals surface area contributed by atoms with Gasteiger partial charge in [-0.3, -0.25) is 0 Å². The van der Waals surface area contributed by atoms with E-state index in [2.05, 4.69) is 21.5 Å². The van der Waals surface area contributed by atoms with E-state index in [1.54, 1.807) is 6.92 Å². The Kier molecular flexibility index (Phi) is 3.19. The molecule has 0 aliphatic carbocycles. The number of nitrogens with zero attached hydrogens (tertiary/aromatic N) is 3. The minimum absolute atomic E-state index is 0.156. The molecular weight excluding hydrogens is 190 g/mol. The van der Waals surface area contributed by atoms with Crippen LogP contribution in [0.3, 0.4) is 0 Å². The second-order valence-corrected chi connectivity index (χ2v) is 2.67. The number of hydrogen-bond donors (Lipinski definition) is 0. The van der Waals surface area contributed by atoms with Crippen LogP contribution in [0.5, 0.6) is 0 Å². The molecule has 1 heterocycles. The van der Waals surface area contributed by atoms with Gasteiger partial charge in [0.1, 0.15) is 5.82 Å². The van der Waals surface area contributed by atoms with Crippen molar-refractivity contribution in [1.29, 1.82) is 0 Å². The normalized spacial score (nSPS) is 9.77. The Balaban J connectivity index is 2.94. The van der Waals surface area contributed by atoms with Crippen LogP contribution in [0.1, 0.15) is 18.6 Å². The predicted octanol–water partition coefficient (Wildman–Crippen LogP) is 1.84. The maximum absolute atomic E-state index is 5.64. The zero-order valence-electron chi connectivity index (χ0n) is 7.54. The molecule has 0 atom stereocenters. The van der Waals surface area contributed by atoms with Crippen LogP contribution in [0.2, 0.25) is 5.28 Å². The van der Waals surface area contributed by atoms with E-state index in [1.165, 1.54) is 0 Å². The summed E-state index contributed by atoms with van der Waals surface area (Å²) < 4.78 is 5.13. The smallest absolute Gasteiger partial charge is 0.226 e. The molecule has 0 N–H and O–H groups in total. The van der Waals surface area contributed by atoms with E-state index >= 15 is 0 Å². The molecule has 0 aliphatic heterocycles. The van der Waals surface area contributed by atoms with Gasteiger partial charge < -0.3 is 4.74 Å². The molecule has 4 nitrogen and oxygen atoms in total. The van der Waals surface area contributed by atoms with Crippen molar-refractivity contribution in [2.75, 3.05) is 6.61 Å². The lowest BCUT2D eigenvalue weighted by molar-refractivity contribution is 0.296. The molecule has 0 aromatic carbocycles. The van der Waals surface area contributed by atoms with Gasteiger partial charge in [-0.1, -0.05) is 6.58 Å². The molecule has 5 heteroatoms. The molecular formula is C8H10ClN3O. The molecule has 0 bridgehead atoms. The summed E-state index contributed by atoms with van der Waals surface area (Å²) in [6.45, 7) is 7.79. The predicted molar refractivity (Wildman–Crippen MR) is 50.2 cm³/mol. The quantitative estimate of drug-likeness (QED) is 0.697. The Morgan fingerprint density at radius 2 is 2.15 bits per heavy atom. The molecule has 0 fully saturated rings. The number of aryl methyl sites for hydroxylation is 1. The van der Waals surface area contributed by atoms with Crippen molar-refractivity contribution in [2.24, 2.45) is 0 Å². The third kappa shape index (κ3) is 2.66. The molecule has 1 aromatic rings. The lowest BCUT2D eigenvalue weighted by Gasteiger charge is -2.05. The van der Waals surface area contributed by atoms with Crippen LogP contribution >= 0.6 is 11.6 Å². The van der Waals surface area contributed by atoms with Gasteiger partial charge in [0.25, 0.3) is 0 Å². The maximum Gasteiger partial charge on any atom is 0.226 e. The Labute approximate surface area is 81.6 Å². The average Bonchev–Trinajstić information content (AvgIpc) is 2.03. The molecule has 0 radical (unpaired) electrons. The highest BCUT2D eigenvalue weighted by Gasteiger charge is 2.05. The first kappa shape index (κ1) is 9.92. The highest BCUT2D eigenvalue weighted by Crippen LogP contribution is 2.10. The zero-order chi connectivity index (χ0) is 9.84. The van der Waals surface area contributed by atoms with Crippen molar-refractivity contribution in [3.8, 4) is 0 Å². The topological polar surface area (TPSA) is 47.9 Å². The van der Waals surface area contributed by atoms with Gasteiger partial charge in [0, 0.05) is 0 Å². The van der Waals surface area contributed by atoms with Gasteiger partial charge in [-0.25, -0.2) is 9.97 Å². The number of halogens is 1. The molecule has 1 rings (SSSR count). The molecule has 0 unspecified atom stereocenters. The summed E-state index contributed by atoms with van der Waals surface area (Å²) in [6, 6.07) is 0. The molecule has 0 amide bonds. The summed E-state index contributed by atoms with van der Waals surface area (Å²) in [4.78, 5) is 11.7. The summed E-state index contributed by atoms with van der Waals surface area (Å²) in [5, 5.41) is 0.156. The molecule has 0 aliphatic rings. The van der Waals surface area contributed by atoms with Crippen molar-refractivity contribution in [3.63, 3.8) is 0 Å². The minimum atomic E-state index is 0.156. The van der Waals surface area contributed by atoms with Crippen molar-refractivity contribution < 1.29 is 4.74 Å². The van der Waals surface area contributed by atoms with Crippen molar-refractivity contribution >= 4 is 17.4 Å². The fraction of sp³-hybridized carbons (Fsp3) is 0.375. The van der Waals surface area contributed by atoms with Crippen LogP contribution < -0.4 is 0 Å². The zero-order valence-corrected chi connectivity index (χ0v) is 8.30. The molecule has 13 heavy (non-hydrogen) atoms. The molecule has 0 saturated heterocycles. The van der Waals surface area contributed by atoms with Crippen LogP contribution in [0.15, 0.2) is 6.58 Å². The largest absolute Gasteiger partial charge is 0.491 e. The number of hydrogen-bond acceptors (Lipinski definition) is 4. The molecule has 70 valence electrons. The van der Waals surface area contributed by atoms with Crippen LogP contribution in [0.4, 0.5) is 0 Å². The number of rotatable bonds is 3. The van der Waals surface area contributed by atoms with Crippen LogP contribution in [-0.4, -0.2) is 21.6 Å². The maximum atomic E-state index is 5.64. The van der Waals surface area contributed by atoms with Gasteiger partial charge >= 0.3 is 0 Å². The van der Waals surface area contributed by atoms with Gasteiger partial charge in [0.2, 0.25) is 5.28 Å². The summed E-state index contributed by atoms with van der Waals surface area (Å²) in [5.74, 6) is 1.35. The van der Waals surface area contributed by atoms with Gasteiger partial charge in [-0.15, -0.1) is 0 Å². The third-order valence-corrected chi connectivity index (χ3v) is 1.46. The van der Waals surface area contributed by atoms with Crippen molar-refractivity contribution in [2.45, 2.75) is 13.8 Å². The highest BCUT2D eigenvalue weighted by molar-refractivity contribution is 6.28. The van der Waals surface area contributed by atoms with Gasteiger partial charge in [0.05, 0.1) is 6.61 Å². The monoisotopic (exact) mass is 199 g/mol. The Morgan fingerprint density at radius 1 is 1.46 bits per heavy atom. The Hall–Kier alpha value is -1.16. The van der Waals surface area contributed by atoms with E-state index in [4.69, 9.17) is 16.3 Å². The van der Waals surface area contributed by atoms with E-state index in [0.29, 0.717) is 24.0 Å². The standard InChI is InChI=1S/C8H10ClN3O/c1-4-13-5(2)7-10-6(3)11-8(9)12-7/h2,4H2,1,3H3. The number of ether oxygens (including phenoxy) is 1. The van der Waals surface area contributed by atoms with E-state index in [1.807, 2.05) is 6.92 Å². The SMILES string of the molecule is C=C(OCC)c1nc(C)nc(Cl)n1. The van der Waals surface area contributed by atoms with Crippen LogP contribution in [-0.2, 0) is 4.74 Å². The fourth-order valence-corrected chi connectivity index (χ4v) is 1.02. The minimum Gasteiger partial charge on any atom is -0.491 e. The van der Waals surface area contributed by atoms with Crippen molar-refractivity contribution in [3.05, 3.63) is 23.5 Å². The first-order chi connectivity index (χ1) is 6.13. The van der Waals surface area contributed by atoms with E-state index in [0.717, 1.165) is 0 Å². The first-order valence-corrected chi connectivity index (χ1v) is 4.21. The lowest BCUT2D eigenvalue weighted by Crippen LogP contribution is -2.01. The summed E-state index contributed by atoms with van der Waals surface area (Å²) in [7, 11) is 0. The molecule has 1 aromatic heterocycles.